The molecule has 1 amide bonds. The van der Waals surface area contributed by atoms with E-state index in [1.165, 1.54) is 0 Å². The van der Waals surface area contributed by atoms with Crippen LogP contribution in [0.3, 0.4) is 0 Å². The Hall–Kier alpha value is -1.49. The Morgan fingerprint density at radius 3 is 2.76 bits per heavy atom. The number of carbonyl (C=O) groups is 1. The summed E-state index contributed by atoms with van der Waals surface area (Å²) in [5.74, 6) is -1.63. The lowest BCUT2D eigenvalue weighted by Gasteiger charge is -2.11. The van der Waals surface area contributed by atoms with E-state index in [0.717, 1.165) is 24.6 Å². The van der Waals surface area contributed by atoms with E-state index in [0.29, 0.717) is 0 Å². The summed E-state index contributed by atoms with van der Waals surface area (Å²) in [5, 5.41) is 5.27. The molecule has 17 heavy (non-hydrogen) atoms. The highest BCUT2D eigenvalue weighted by molar-refractivity contribution is 5.92. The minimum absolute atomic E-state index is 0.0744. The van der Waals surface area contributed by atoms with Gasteiger partial charge in [0.05, 0.1) is 12.2 Å². The lowest BCUT2D eigenvalue weighted by Crippen LogP contribution is -2.34. The quantitative estimate of drug-likeness (QED) is 0.831. The zero-order chi connectivity index (χ0) is 12.8. The zero-order valence-corrected chi connectivity index (χ0v) is 9.89. The highest BCUT2D eigenvalue weighted by Crippen LogP contribution is 2.14. The molecule has 0 spiro atoms. The topological polar surface area (TPSA) is 41.1 Å². The molecule has 1 rings (SSSR count). The van der Waals surface area contributed by atoms with E-state index in [1.807, 2.05) is 13.8 Å². The molecular weight excluding hydrogens is 226 g/mol. The van der Waals surface area contributed by atoms with Gasteiger partial charge in [0, 0.05) is 12.1 Å². The molecule has 0 saturated carbocycles. The maximum Gasteiger partial charge on any atom is 0.238 e. The van der Waals surface area contributed by atoms with Crippen LogP contribution in [0.4, 0.5) is 14.5 Å². The first-order chi connectivity index (χ1) is 8.02. The Kier molecular flexibility index (Phi) is 5.03. The van der Waals surface area contributed by atoms with Gasteiger partial charge in [-0.05, 0) is 25.5 Å². The summed E-state index contributed by atoms with van der Waals surface area (Å²) in [6, 6.07) is 3.14. The summed E-state index contributed by atoms with van der Waals surface area (Å²) in [7, 11) is 0. The van der Waals surface area contributed by atoms with Gasteiger partial charge in [0.25, 0.3) is 0 Å². The van der Waals surface area contributed by atoms with Crippen LogP contribution in [0.15, 0.2) is 18.2 Å². The average Bonchev–Trinajstić information content (AvgIpc) is 2.30. The summed E-state index contributed by atoms with van der Waals surface area (Å²) in [6.07, 6.45) is 0.890. The standard InChI is InChI=1S/C12H16F2N2O/c1-3-8(2)15-7-12(17)16-11-6-9(13)4-5-10(11)14/h4-6,8,15H,3,7H2,1-2H3,(H,16,17). The Morgan fingerprint density at radius 1 is 1.41 bits per heavy atom. The number of benzene rings is 1. The van der Waals surface area contributed by atoms with E-state index in [2.05, 4.69) is 10.6 Å². The molecule has 5 heteroatoms. The molecule has 1 unspecified atom stereocenters. The first-order valence-electron chi connectivity index (χ1n) is 5.51. The van der Waals surface area contributed by atoms with Crippen LogP contribution in [-0.4, -0.2) is 18.5 Å². The molecule has 0 aliphatic heterocycles. The highest BCUT2D eigenvalue weighted by Gasteiger charge is 2.08. The van der Waals surface area contributed by atoms with Crippen LogP contribution >= 0.6 is 0 Å². The third-order valence-corrected chi connectivity index (χ3v) is 2.43. The van der Waals surface area contributed by atoms with Crippen LogP contribution in [0.1, 0.15) is 20.3 Å². The molecule has 1 aromatic carbocycles. The molecule has 0 aliphatic carbocycles. The van der Waals surface area contributed by atoms with Crippen molar-refractivity contribution in [1.29, 1.82) is 0 Å². The van der Waals surface area contributed by atoms with Crippen molar-refractivity contribution in [3.8, 4) is 0 Å². The van der Waals surface area contributed by atoms with Crippen molar-refractivity contribution in [2.24, 2.45) is 0 Å². The van der Waals surface area contributed by atoms with Crippen LogP contribution in [0.5, 0.6) is 0 Å². The third-order valence-electron chi connectivity index (χ3n) is 2.43. The van der Waals surface area contributed by atoms with E-state index in [4.69, 9.17) is 0 Å². The van der Waals surface area contributed by atoms with Crippen molar-refractivity contribution in [1.82, 2.24) is 5.32 Å². The van der Waals surface area contributed by atoms with Gasteiger partial charge in [-0.3, -0.25) is 4.79 Å². The third kappa shape index (κ3) is 4.48. The second-order valence-corrected chi connectivity index (χ2v) is 3.86. The van der Waals surface area contributed by atoms with Gasteiger partial charge < -0.3 is 10.6 Å². The number of halogens is 2. The number of carbonyl (C=O) groups excluding carboxylic acids is 1. The first-order valence-corrected chi connectivity index (χ1v) is 5.51. The van der Waals surface area contributed by atoms with Crippen molar-refractivity contribution in [2.45, 2.75) is 26.3 Å². The SMILES string of the molecule is CCC(C)NCC(=O)Nc1cc(F)ccc1F. The van der Waals surface area contributed by atoms with Gasteiger partial charge in [-0.15, -0.1) is 0 Å². The molecule has 0 bridgehead atoms. The molecule has 1 atom stereocenters. The number of hydrogen-bond donors (Lipinski definition) is 2. The Balaban J connectivity index is 2.53. The largest absolute Gasteiger partial charge is 0.322 e. The zero-order valence-electron chi connectivity index (χ0n) is 9.89. The minimum atomic E-state index is -0.650. The van der Waals surface area contributed by atoms with Gasteiger partial charge in [0.2, 0.25) is 5.91 Å². The number of amides is 1. The van der Waals surface area contributed by atoms with Crippen molar-refractivity contribution in [3.05, 3.63) is 29.8 Å². The Morgan fingerprint density at radius 2 is 2.12 bits per heavy atom. The maximum absolute atomic E-state index is 13.2. The van der Waals surface area contributed by atoms with Gasteiger partial charge in [-0.2, -0.15) is 0 Å². The molecule has 0 saturated heterocycles. The minimum Gasteiger partial charge on any atom is -0.322 e. The molecule has 0 fully saturated rings. The van der Waals surface area contributed by atoms with Crippen LogP contribution < -0.4 is 10.6 Å². The normalized spacial score (nSPS) is 12.2. The van der Waals surface area contributed by atoms with Gasteiger partial charge in [0.15, 0.2) is 0 Å². The molecule has 2 N–H and O–H groups in total. The fourth-order valence-electron chi connectivity index (χ4n) is 1.20. The second-order valence-electron chi connectivity index (χ2n) is 3.86. The number of anilines is 1. The molecule has 0 aromatic heterocycles. The monoisotopic (exact) mass is 242 g/mol. The molecule has 1 aromatic rings. The molecule has 0 aliphatic rings. The van der Waals surface area contributed by atoms with Gasteiger partial charge >= 0.3 is 0 Å². The summed E-state index contributed by atoms with van der Waals surface area (Å²) < 4.78 is 26.0. The average molecular weight is 242 g/mol. The summed E-state index contributed by atoms with van der Waals surface area (Å²) >= 11 is 0. The number of nitrogens with one attached hydrogen (secondary N) is 2. The smallest absolute Gasteiger partial charge is 0.238 e. The van der Waals surface area contributed by atoms with Crippen LogP contribution in [-0.2, 0) is 4.79 Å². The lowest BCUT2D eigenvalue weighted by atomic mass is 10.2. The molecule has 0 radical (unpaired) electrons. The van der Waals surface area contributed by atoms with E-state index in [-0.39, 0.29) is 18.3 Å². The van der Waals surface area contributed by atoms with Crippen molar-refractivity contribution in [3.63, 3.8) is 0 Å². The van der Waals surface area contributed by atoms with Crippen molar-refractivity contribution in [2.75, 3.05) is 11.9 Å². The number of rotatable bonds is 5. The van der Waals surface area contributed by atoms with Crippen LogP contribution in [0, 0.1) is 11.6 Å². The second kappa shape index (κ2) is 6.30. The predicted molar refractivity (Wildman–Crippen MR) is 62.7 cm³/mol. The molecular formula is C12H16F2N2O. The maximum atomic E-state index is 13.2. The predicted octanol–water partition coefficient (Wildman–Crippen LogP) is 2.29. The van der Waals surface area contributed by atoms with Crippen molar-refractivity contribution >= 4 is 11.6 Å². The fraction of sp³-hybridized carbons (Fsp3) is 0.417. The Labute approximate surface area is 99.2 Å². The molecule has 94 valence electrons. The first kappa shape index (κ1) is 13.6. The summed E-state index contributed by atoms with van der Waals surface area (Å²) in [5.41, 5.74) is -0.138. The number of hydrogen-bond acceptors (Lipinski definition) is 2. The van der Waals surface area contributed by atoms with Gasteiger partial charge in [-0.1, -0.05) is 6.92 Å². The van der Waals surface area contributed by atoms with E-state index < -0.39 is 17.5 Å². The van der Waals surface area contributed by atoms with Gasteiger partial charge in [-0.25, -0.2) is 8.78 Å². The Bertz CT molecular complexity index is 396. The lowest BCUT2D eigenvalue weighted by molar-refractivity contribution is -0.115. The van der Waals surface area contributed by atoms with Crippen LogP contribution in [0.2, 0.25) is 0 Å². The molecule has 0 heterocycles. The van der Waals surface area contributed by atoms with E-state index >= 15 is 0 Å². The molecule has 3 nitrogen and oxygen atoms in total. The van der Waals surface area contributed by atoms with Gasteiger partial charge in [0.1, 0.15) is 11.6 Å². The fourth-order valence-corrected chi connectivity index (χ4v) is 1.20. The van der Waals surface area contributed by atoms with E-state index in [1.54, 1.807) is 0 Å². The summed E-state index contributed by atoms with van der Waals surface area (Å²) in [4.78, 5) is 11.4. The summed E-state index contributed by atoms with van der Waals surface area (Å²) in [6.45, 7) is 4.00. The van der Waals surface area contributed by atoms with Crippen molar-refractivity contribution < 1.29 is 13.6 Å². The highest BCUT2D eigenvalue weighted by atomic mass is 19.1. The van der Waals surface area contributed by atoms with E-state index in [9.17, 15) is 13.6 Å². The van der Waals surface area contributed by atoms with Crippen LogP contribution in [0.25, 0.3) is 0 Å².